The molecule has 2 nitrogen and oxygen atoms in total. The first-order valence-electron chi connectivity index (χ1n) is 5.52. The molecule has 0 spiro atoms. The van der Waals surface area contributed by atoms with Crippen LogP contribution in [0.5, 0.6) is 0 Å². The SMILES string of the molecule is Cc1ccc(N)c(N(C)C(C)C(C)C)c1. The monoisotopic (exact) mass is 206 g/mol. The third-order valence-corrected chi connectivity index (χ3v) is 3.14. The van der Waals surface area contributed by atoms with Crippen molar-refractivity contribution in [2.45, 2.75) is 33.7 Å². The number of nitrogens with zero attached hydrogens (tertiary/aromatic N) is 1. The van der Waals surface area contributed by atoms with E-state index in [4.69, 9.17) is 5.73 Å². The average Bonchev–Trinajstić information content (AvgIpc) is 2.19. The van der Waals surface area contributed by atoms with E-state index in [1.165, 1.54) is 5.56 Å². The Morgan fingerprint density at radius 3 is 2.33 bits per heavy atom. The molecule has 0 saturated heterocycles. The minimum absolute atomic E-state index is 0.495. The summed E-state index contributed by atoms with van der Waals surface area (Å²) in [5.74, 6) is 0.620. The highest BCUT2D eigenvalue weighted by atomic mass is 15.1. The number of rotatable bonds is 3. The fraction of sp³-hybridized carbons (Fsp3) is 0.538. The predicted molar refractivity (Wildman–Crippen MR) is 68.3 cm³/mol. The lowest BCUT2D eigenvalue weighted by Gasteiger charge is -2.31. The van der Waals surface area contributed by atoms with Crippen LogP contribution in [-0.4, -0.2) is 13.1 Å². The molecule has 1 aromatic carbocycles. The van der Waals surface area contributed by atoms with Gasteiger partial charge < -0.3 is 10.6 Å². The van der Waals surface area contributed by atoms with E-state index in [2.05, 4.69) is 45.7 Å². The average molecular weight is 206 g/mol. The largest absolute Gasteiger partial charge is 0.397 e. The fourth-order valence-corrected chi connectivity index (χ4v) is 1.63. The summed E-state index contributed by atoms with van der Waals surface area (Å²) in [5, 5.41) is 0. The maximum Gasteiger partial charge on any atom is 0.0602 e. The quantitative estimate of drug-likeness (QED) is 0.770. The lowest BCUT2D eigenvalue weighted by molar-refractivity contribution is 0.506. The number of hydrogen-bond acceptors (Lipinski definition) is 2. The van der Waals surface area contributed by atoms with Gasteiger partial charge in [0.25, 0.3) is 0 Å². The first-order valence-corrected chi connectivity index (χ1v) is 5.52. The zero-order valence-electron chi connectivity index (χ0n) is 10.4. The van der Waals surface area contributed by atoms with Gasteiger partial charge >= 0.3 is 0 Å². The van der Waals surface area contributed by atoms with Crippen LogP contribution >= 0.6 is 0 Å². The lowest BCUT2D eigenvalue weighted by Crippen LogP contribution is -2.33. The summed E-state index contributed by atoms with van der Waals surface area (Å²) >= 11 is 0. The van der Waals surface area contributed by atoms with E-state index in [1.807, 2.05) is 12.1 Å². The summed E-state index contributed by atoms with van der Waals surface area (Å²) in [6, 6.07) is 6.67. The van der Waals surface area contributed by atoms with Crippen LogP contribution in [0, 0.1) is 12.8 Å². The van der Waals surface area contributed by atoms with E-state index < -0.39 is 0 Å². The van der Waals surface area contributed by atoms with Crippen LogP contribution in [0.1, 0.15) is 26.3 Å². The van der Waals surface area contributed by atoms with E-state index in [0.29, 0.717) is 12.0 Å². The highest BCUT2D eigenvalue weighted by Crippen LogP contribution is 2.26. The van der Waals surface area contributed by atoms with Crippen LogP contribution in [0.4, 0.5) is 11.4 Å². The van der Waals surface area contributed by atoms with Crippen LogP contribution in [0.15, 0.2) is 18.2 Å². The van der Waals surface area contributed by atoms with E-state index in [1.54, 1.807) is 0 Å². The smallest absolute Gasteiger partial charge is 0.0602 e. The molecule has 0 fully saturated rings. The predicted octanol–water partition coefficient (Wildman–Crippen LogP) is 3.06. The van der Waals surface area contributed by atoms with Crippen molar-refractivity contribution in [1.29, 1.82) is 0 Å². The number of aryl methyl sites for hydroxylation is 1. The molecular formula is C13H22N2. The van der Waals surface area contributed by atoms with Gasteiger partial charge in [0.1, 0.15) is 0 Å². The summed E-state index contributed by atoms with van der Waals surface area (Å²) in [4.78, 5) is 2.26. The molecule has 1 atom stereocenters. The Hall–Kier alpha value is -1.18. The van der Waals surface area contributed by atoms with Crippen molar-refractivity contribution in [2.75, 3.05) is 17.7 Å². The van der Waals surface area contributed by atoms with E-state index in [9.17, 15) is 0 Å². The maximum absolute atomic E-state index is 5.99. The Balaban J connectivity index is 2.99. The molecular weight excluding hydrogens is 184 g/mol. The molecule has 2 heteroatoms. The first-order chi connectivity index (χ1) is 6.93. The molecule has 1 rings (SSSR count). The number of benzene rings is 1. The zero-order valence-corrected chi connectivity index (χ0v) is 10.4. The number of anilines is 2. The second kappa shape index (κ2) is 4.56. The van der Waals surface area contributed by atoms with Crippen molar-refractivity contribution in [3.63, 3.8) is 0 Å². The highest BCUT2D eigenvalue weighted by Gasteiger charge is 2.15. The summed E-state index contributed by atoms with van der Waals surface area (Å²) in [7, 11) is 2.11. The van der Waals surface area contributed by atoms with E-state index >= 15 is 0 Å². The first kappa shape index (κ1) is 11.9. The van der Waals surface area contributed by atoms with Gasteiger partial charge in [0, 0.05) is 13.1 Å². The van der Waals surface area contributed by atoms with Crippen molar-refractivity contribution in [1.82, 2.24) is 0 Å². The number of hydrogen-bond donors (Lipinski definition) is 1. The standard InChI is InChI=1S/C13H22N2/c1-9(2)11(4)15(5)13-8-10(3)6-7-12(13)14/h6-9,11H,14H2,1-5H3. The molecule has 0 amide bonds. The lowest BCUT2D eigenvalue weighted by atomic mass is 10.0. The third-order valence-electron chi connectivity index (χ3n) is 3.14. The van der Waals surface area contributed by atoms with Crippen molar-refractivity contribution in [3.8, 4) is 0 Å². The summed E-state index contributed by atoms with van der Waals surface area (Å²) in [6.07, 6.45) is 0. The van der Waals surface area contributed by atoms with Gasteiger partial charge in [0.15, 0.2) is 0 Å². The van der Waals surface area contributed by atoms with Gasteiger partial charge in [-0.2, -0.15) is 0 Å². The van der Waals surface area contributed by atoms with Crippen LogP contribution in [0.3, 0.4) is 0 Å². The summed E-state index contributed by atoms with van der Waals surface area (Å²) < 4.78 is 0. The molecule has 0 saturated carbocycles. The molecule has 0 aliphatic carbocycles. The Morgan fingerprint density at radius 2 is 1.80 bits per heavy atom. The summed E-state index contributed by atoms with van der Waals surface area (Å²) in [6.45, 7) is 8.78. The molecule has 0 bridgehead atoms. The fourth-order valence-electron chi connectivity index (χ4n) is 1.63. The molecule has 0 aromatic heterocycles. The van der Waals surface area contributed by atoms with E-state index in [0.717, 1.165) is 11.4 Å². The van der Waals surface area contributed by atoms with Crippen molar-refractivity contribution in [2.24, 2.45) is 5.92 Å². The van der Waals surface area contributed by atoms with Gasteiger partial charge in [-0.3, -0.25) is 0 Å². The number of nitrogens with two attached hydrogens (primary N) is 1. The molecule has 15 heavy (non-hydrogen) atoms. The molecule has 0 heterocycles. The Bertz CT molecular complexity index is 331. The molecule has 2 N–H and O–H groups in total. The Kier molecular flexibility index (Phi) is 3.61. The molecule has 1 unspecified atom stereocenters. The Labute approximate surface area is 93.1 Å². The zero-order chi connectivity index (χ0) is 11.6. The van der Waals surface area contributed by atoms with Gasteiger partial charge in [0.2, 0.25) is 0 Å². The van der Waals surface area contributed by atoms with Gasteiger partial charge in [-0.25, -0.2) is 0 Å². The van der Waals surface area contributed by atoms with Crippen molar-refractivity contribution >= 4 is 11.4 Å². The molecule has 1 aromatic rings. The van der Waals surface area contributed by atoms with Gasteiger partial charge in [-0.1, -0.05) is 19.9 Å². The molecule has 0 aliphatic rings. The van der Waals surface area contributed by atoms with Crippen LogP contribution in [0.2, 0.25) is 0 Å². The van der Waals surface area contributed by atoms with Crippen LogP contribution in [-0.2, 0) is 0 Å². The highest BCUT2D eigenvalue weighted by molar-refractivity contribution is 5.68. The topological polar surface area (TPSA) is 29.3 Å². The van der Waals surface area contributed by atoms with Gasteiger partial charge in [-0.15, -0.1) is 0 Å². The molecule has 84 valence electrons. The van der Waals surface area contributed by atoms with Gasteiger partial charge in [-0.05, 0) is 37.5 Å². The normalized spacial score (nSPS) is 12.9. The van der Waals surface area contributed by atoms with Crippen LogP contribution < -0.4 is 10.6 Å². The van der Waals surface area contributed by atoms with Crippen molar-refractivity contribution in [3.05, 3.63) is 23.8 Å². The van der Waals surface area contributed by atoms with Crippen LogP contribution in [0.25, 0.3) is 0 Å². The maximum atomic E-state index is 5.99. The minimum Gasteiger partial charge on any atom is -0.397 e. The van der Waals surface area contributed by atoms with E-state index in [-0.39, 0.29) is 0 Å². The number of nitrogen functional groups attached to an aromatic ring is 1. The third kappa shape index (κ3) is 2.65. The summed E-state index contributed by atoms with van der Waals surface area (Å²) in [5.41, 5.74) is 9.23. The van der Waals surface area contributed by atoms with Gasteiger partial charge in [0.05, 0.1) is 11.4 Å². The molecule has 0 radical (unpaired) electrons. The second-order valence-electron chi connectivity index (χ2n) is 4.66. The molecule has 0 aliphatic heterocycles. The Morgan fingerprint density at radius 1 is 1.20 bits per heavy atom. The second-order valence-corrected chi connectivity index (χ2v) is 4.66. The minimum atomic E-state index is 0.495. The van der Waals surface area contributed by atoms with Crippen molar-refractivity contribution < 1.29 is 0 Å².